The van der Waals surface area contributed by atoms with Crippen molar-refractivity contribution in [2.24, 2.45) is 5.41 Å². The molecule has 0 aromatic heterocycles. The summed E-state index contributed by atoms with van der Waals surface area (Å²) in [5.74, 6) is -0.0524. The van der Waals surface area contributed by atoms with Gasteiger partial charge >= 0.3 is 0 Å². The first-order valence-electron chi connectivity index (χ1n) is 6.35. The van der Waals surface area contributed by atoms with Gasteiger partial charge in [-0.25, -0.2) is 0 Å². The highest BCUT2D eigenvalue weighted by Gasteiger charge is 2.39. The molecule has 4 heteroatoms. The van der Waals surface area contributed by atoms with E-state index < -0.39 is 5.60 Å². The third-order valence-corrected chi connectivity index (χ3v) is 3.47. The summed E-state index contributed by atoms with van der Waals surface area (Å²) in [6.07, 6.45) is 2.28. The molecule has 1 aliphatic rings. The molecule has 1 amide bonds. The van der Waals surface area contributed by atoms with E-state index in [1.54, 1.807) is 0 Å². The van der Waals surface area contributed by atoms with Crippen LogP contribution in [0.2, 0.25) is 0 Å². The van der Waals surface area contributed by atoms with Crippen molar-refractivity contribution in [2.75, 3.05) is 13.2 Å². The molecule has 2 atom stereocenters. The number of hydrogen-bond acceptors (Lipinski definition) is 3. The number of rotatable bonds is 4. The first-order chi connectivity index (χ1) is 7.79. The van der Waals surface area contributed by atoms with E-state index in [1.165, 1.54) is 0 Å². The van der Waals surface area contributed by atoms with Crippen LogP contribution in [0.5, 0.6) is 0 Å². The van der Waals surface area contributed by atoms with Crippen molar-refractivity contribution < 1.29 is 14.6 Å². The predicted molar refractivity (Wildman–Crippen MR) is 66.7 cm³/mol. The average molecular weight is 243 g/mol. The van der Waals surface area contributed by atoms with Crippen LogP contribution in [0.3, 0.4) is 0 Å². The van der Waals surface area contributed by atoms with Crippen molar-refractivity contribution in [2.45, 2.75) is 58.6 Å². The first kappa shape index (κ1) is 14.5. The van der Waals surface area contributed by atoms with Gasteiger partial charge in [0.2, 0.25) is 0 Å². The van der Waals surface area contributed by atoms with Crippen molar-refractivity contribution in [3.63, 3.8) is 0 Å². The fraction of sp³-hybridized carbons (Fsp3) is 0.923. The third-order valence-electron chi connectivity index (χ3n) is 3.47. The molecule has 0 spiro atoms. The van der Waals surface area contributed by atoms with E-state index in [0.717, 1.165) is 12.8 Å². The Labute approximate surface area is 104 Å². The minimum atomic E-state index is -0.682. The molecule has 1 rings (SSSR count). The van der Waals surface area contributed by atoms with Gasteiger partial charge < -0.3 is 15.2 Å². The van der Waals surface area contributed by atoms with Crippen molar-refractivity contribution in [3.05, 3.63) is 0 Å². The Kier molecular flexibility index (Phi) is 4.55. The number of ether oxygens (including phenoxy) is 1. The summed E-state index contributed by atoms with van der Waals surface area (Å²) in [4.78, 5) is 12.2. The van der Waals surface area contributed by atoms with Gasteiger partial charge in [-0.1, -0.05) is 20.8 Å². The first-order valence-corrected chi connectivity index (χ1v) is 6.35. The van der Waals surface area contributed by atoms with Crippen LogP contribution >= 0.6 is 0 Å². The SMILES string of the molecule is CC1(C(=O)NC(CCO)C(C)(C)C)CCCO1. The van der Waals surface area contributed by atoms with E-state index in [-0.39, 0.29) is 24.0 Å². The van der Waals surface area contributed by atoms with E-state index in [9.17, 15) is 4.79 Å². The minimum absolute atomic E-state index is 0.0268. The minimum Gasteiger partial charge on any atom is -0.396 e. The van der Waals surface area contributed by atoms with Crippen LogP contribution < -0.4 is 5.32 Å². The molecule has 100 valence electrons. The summed E-state index contributed by atoms with van der Waals surface area (Å²) in [5, 5.41) is 12.1. The zero-order valence-corrected chi connectivity index (χ0v) is 11.4. The Hall–Kier alpha value is -0.610. The van der Waals surface area contributed by atoms with Crippen molar-refractivity contribution in [1.29, 1.82) is 0 Å². The highest BCUT2D eigenvalue weighted by molar-refractivity contribution is 5.85. The van der Waals surface area contributed by atoms with Gasteiger partial charge in [0.1, 0.15) is 5.60 Å². The van der Waals surface area contributed by atoms with E-state index in [1.807, 2.05) is 6.92 Å². The predicted octanol–water partition coefficient (Wildman–Crippen LogP) is 1.47. The molecule has 0 aromatic carbocycles. The van der Waals surface area contributed by atoms with Gasteiger partial charge in [-0.05, 0) is 31.6 Å². The maximum atomic E-state index is 12.2. The molecule has 0 radical (unpaired) electrons. The second-order valence-electron chi connectivity index (χ2n) is 6.09. The third kappa shape index (κ3) is 3.68. The molecule has 2 unspecified atom stereocenters. The number of carbonyl (C=O) groups is 1. The van der Waals surface area contributed by atoms with E-state index in [4.69, 9.17) is 9.84 Å². The fourth-order valence-electron chi connectivity index (χ4n) is 2.12. The number of amides is 1. The second kappa shape index (κ2) is 5.36. The average Bonchev–Trinajstić information content (AvgIpc) is 2.64. The fourth-order valence-corrected chi connectivity index (χ4v) is 2.12. The highest BCUT2D eigenvalue weighted by atomic mass is 16.5. The summed E-state index contributed by atoms with van der Waals surface area (Å²) >= 11 is 0. The molecule has 0 saturated carbocycles. The van der Waals surface area contributed by atoms with Crippen molar-refractivity contribution in [3.8, 4) is 0 Å². The molecule has 0 bridgehead atoms. The zero-order valence-electron chi connectivity index (χ0n) is 11.4. The molecule has 4 nitrogen and oxygen atoms in total. The zero-order chi connectivity index (χ0) is 13.1. The summed E-state index contributed by atoms with van der Waals surface area (Å²) in [6.45, 7) is 8.76. The molecular weight excluding hydrogens is 218 g/mol. The molecule has 0 aliphatic carbocycles. The molecule has 1 fully saturated rings. The Morgan fingerprint density at radius 1 is 1.53 bits per heavy atom. The maximum Gasteiger partial charge on any atom is 0.252 e. The molecule has 1 aliphatic heterocycles. The topological polar surface area (TPSA) is 58.6 Å². The number of nitrogens with one attached hydrogen (secondary N) is 1. The summed E-state index contributed by atoms with van der Waals surface area (Å²) in [6, 6.07) is -0.0268. The van der Waals surface area contributed by atoms with Crippen LogP contribution in [0, 0.1) is 5.41 Å². The van der Waals surface area contributed by atoms with Crippen molar-refractivity contribution in [1.82, 2.24) is 5.32 Å². The molecular formula is C13H25NO3. The van der Waals surface area contributed by atoms with Crippen LogP contribution in [0.25, 0.3) is 0 Å². The molecule has 2 N–H and O–H groups in total. The second-order valence-corrected chi connectivity index (χ2v) is 6.09. The van der Waals surface area contributed by atoms with Gasteiger partial charge in [0.05, 0.1) is 0 Å². The van der Waals surface area contributed by atoms with Gasteiger partial charge in [0.25, 0.3) is 5.91 Å². The number of aliphatic hydroxyl groups excluding tert-OH is 1. The number of hydrogen-bond donors (Lipinski definition) is 2. The van der Waals surface area contributed by atoms with Crippen LogP contribution in [0.4, 0.5) is 0 Å². The summed E-state index contributed by atoms with van der Waals surface area (Å²) in [7, 11) is 0. The smallest absolute Gasteiger partial charge is 0.252 e. The van der Waals surface area contributed by atoms with Crippen molar-refractivity contribution >= 4 is 5.91 Å². The van der Waals surface area contributed by atoms with Crippen LogP contribution in [0.1, 0.15) is 47.0 Å². The summed E-state index contributed by atoms with van der Waals surface area (Å²) < 4.78 is 5.52. The monoisotopic (exact) mass is 243 g/mol. The molecule has 1 heterocycles. The molecule has 1 saturated heterocycles. The highest BCUT2D eigenvalue weighted by Crippen LogP contribution is 2.27. The normalized spacial score (nSPS) is 26.9. The Morgan fingerprint density at radius 2 is 2.18 bits per heavy atom. The van der Waals surface area contributed by atoms with E-state index >= 15 is 0 Å². The van der Waals surface area contributed by atoms with Gasteiger partial charge in [-0.3, -0.25) is 4.79 Å². The van der Waals surface area contributed by atoms with Crippen LogP contribution in [-0.4, -0.2) is 35.9 Å². The molecule has 17 heavy (non-hydrogen) atoms. The van der Waals surface area contributed by atoms with Gasteiger partial charge in [-0.15, -0.1) is 0 Å². The number of carbonyl (C=O) groups excluding carboxylic acids is 1. The van der Waals surface area contributed by atoms with Gasteiger partial charge in [0, 0.05) is 19.3 Å². The maximum absolute atomic E-state index is 12.2. The number of aliphatic hydroxyl groups is 1. The standard InChI is InChI=1S/C13H25NO3/c1-12(2,3)10(6-8-15)14-11(16)13(4)7-5-9-17-13/h10,15H,5-9H2,1-4H3,(H,14,16). The van der Waals surface area contributed by atoms with E-state index in [2.05, 4.69) is 26.1 Å². The van der Waals surface area contributed by atoms with Crippen LogP contribution in [0.15, 0.2) is 0 Å². The summed E-state index contributed by atoms with van der Waals surface area (Å²) in [5.41, 5.74) is -0.744. The lowest BCUT2D eigenvalue weighted by Gasteiger charge is -2.34. The Balaban J connectivity index is 2.64. The molecule has 0 aromatic rings. The van der Waals surface area contributed by atoms with Crippen LogP contribution in [-0.2, 0) is 9.53 Å². The van der Waals surface area contributed by atoms with Gasteiger partial charge in [-0.2, -0.15) is 0 Å². The van der Waals surface area contributed by atoms with Gasteiger partial charge in [0.15, 0.2) is 0 Å². The lowest BCUT2D eigenvalue weighted by molar-refractivity contribution is -0.141. The largest absolute Gasteiger partial charge is 0.396 e. The quantitative estimate of drug-likeness (QED) is 0.786. The lowest BCUT2D eigenvalue weighted by atomic mass is 9.84. The van der Waals surface area contributed by atoms with E-state index in [0.29, 0.717) is 13.0 Å². The Bertz CT molecular complexity index is 264. The lowest BCUT2D eigenvalue weighted by Crippen LogP contribution is -2.52. The Morgan fingerprint density at radius 3 is 2.59 bits per heavy atom.